The van der Waals surface area contributed by atoms with Crippen molar-refractivity contribution < 1.29 is 19.7 Å². The van der Waals surface area contributed by atoms with Gasteiger partial charge in [0, 0.05) is 6.07 Å². The Kier molecular flexibility index (Phi) is 3.98. The fourth-order valence-corrected chi connectivity index (χ4v) is 1.66. The molecule has 0 fully saturated rings. The van der Waals surface area contributed by atoms with Crippen molar-refractivity contribution in [3.8, 4) is 11.5 Å². The van der Waals surface area contributed by atoms with Crippen LogP contribution in [-0.2, 0) is 6.61 Å². The number of hydrogen-bond acceptors (Lipinski definition) is 6. The van der Waals surface area contributed by atoms with Crippen molar-refractivity contribution >= 4 is 11.4 Å². The number of hydrogen-bond donors (Lipinski definition) is 1. The van der Waals surface area contributed by atoms with E-state index in [-0.39, 0.29) is 29.3 Å². The summed E-state index contributed by atoms with van der Waals surface area (Å²) >= 11 is 0. The van der Waals surface area contributed by atoms with E-state index in [2.05, 4.69) is 0 Å². The molecule has 1 N–H and O–H groups in total. The highest BCUT2D eigenvalue weighted by atomic mass is 16.6. The molecule has 108 valence electrons. The summed E-state index contributed by atoms with van der Waals surface area (Å²) in [6.45, 7) is -0.112. The van der Waals surface area contributed by atoms with E-state index in [4.69, 9.17) is 9.84 Å². The molecular weight excluding hydrogens is 280 g/mol. The minimum atomic E-state index is -0.697. The first-order valence-corrected chi connectivity index (χ1v) is 5.81. The summed E-state index contributed by atoms with van der Waals surface area (Å²) in [4.78, 5) is 20.2. The normalized spacial score (nSPS) is 10.1. The molecule has 0 atom stereocenters. The third-order valence-corrected chi connectivity index (χ3v) is 2.71. The summed E-state index contributed by atoms with van der Waals surface area (Å²) in [5.41, 5.74) is -0.503. The van der Waals surface area contributed by atoms with Gasteiger partial charge in [0.2, 0.25) is 0 Å². The number of aromatic hydroxyl groups is 1. The second-order valence-corrected chi connectivity index (χ2v) is 4.11. The molecule has 0 saturated carbocycles. The first-order chi connectivity index (χ1) is 9.97. The summed E-state index contributed by atoms with van der Waals surface area (Å²) in [6.07, 6.45) is 0. The van der Waals surface area contributed by atoms with E-state index in [1.165, 1.54) is 36.4 Å². The van der Waals surface area contributed by atoms with Crippen molar-refractivity contribution in [2.45, 2.75) is 6.61 Å². The predicted molar refractivity (Wildman–Crippen MR) is 72.2 cm³/mol. The maximum Gasteiger partial charge on any atom is 0.282 e. The van der Waals surface area contributed by atoms with E-state index in [1.54, 1.807) is 0 Å². The van der Waals surface area contributed by atoms with Crippen molar-refractivity contribution in [2.24, 2.45) is 0 Å². The zero-order valence-corrected chi connectivity index (χ0v) is 10.6. The number of phenolic OH excluding ortho intramolecular Hbond substituents is 1. The highest BCUT2D eigenvalue weighted by Crippen LogP contribution is 2.26. The molecule has 0 spiro atoms. The number of non-ortho nitro benzene ring substituents is 1. The fourth-order valence-electron chi connectivity index (χ4n) is 1.66. The highest BCUT2D eigenvalue weighted by molar-refractivity contribution is 5.49. The van der Waals surface area contributed by atoms with E-state index >= 15 is 0 Å². The summed E-state index contributed by atoms with van der Waals surface area (Å²) in [5, 5.41) is 30.7. The van der Waals surface area contributed by atoms with Crippen molar-refractivity contribution in [3.63, 3.8) is 0 Å². The van der Waals surface area contributed by atoms with Crippen molar-refractivity contribution in [2.75, 3.05) is 0 Å². The minimum absolute atomic E-state index is 0.0728. The minimum Gasteiger partial charge on any atom is -0.508 e. The quantitative estimate of drug-likeness (QED) is 0.668. The number of ether oxygens (including phenoxy) is 1. The number of nitrogens with zero attached hydrogens (tertiary/aromatic N) is 2. The van der Waals surface area contributed by atoms with Gasteiger partial charge in [0.1, 0.15) is 18.1 Å². The Morgan fingerprint density at radius 2 is 1.67 bits per heavy atom. The molecule has 0 aliphatic carbocycles. The Bertz CT molecular complexity index is 684. The molecule has 2 rings (SSSR count). The molecule has 0 radical (unpaired) electrons. The van der Waals surface area contributed by atoms with Crippen LogP contribution in [0.15, 0.2) is 42.5 Å². The molecule has 0 heterocycles. The van der Waals surface area contributed by atoms with Crippen LogP contribution < -0.4 is 4.74 Å². The van der Waals surface area contributed by atoms with Crippen molar-refractivity contribution in [1.82, 2.24) is 0 Å². The average Bonchev–Trinajstić information content (AvgIpc) is 2.46. The van der Waals surface area contributed by atoms with Gasteiger partial charge in [0.05, 0.1) is 21.5 Å². The zero-order valence-electron chi connectivity index (χ0n) is 10.6. The average molecular weight is 290 g/mol. The molecule has 8 nitrogen and oxygen atoms in total. The van der Waals surface area contributed by atoms with Crippen molar-refractivity contribution in [3.05, 3.63) is 68.3 Å². The molecule has 0 aliphatic heterocycles. The van der Waals surface area contributed by atoms with Crippen LogP contribution >= 0.6 is 0 Å². The Morgan fingerprint density at radius 1 is 1.00 bits per heavy atom. The molecule has 0 amide bonds. The highest BCUT2D eigenvalue weighted by Gasteiger charge is 2.19. The standard InChI is InChI=1S/C13H10N2O6/c16-11-3-5-12(6-4-11)21-8-9-1-2-10(14(17)18)7-13(9)15(19)20/h1-7,16H,8H2. The lowest BCUT2D eigenvalue weighted by Gasteiger charge is -2.07. The van der Waals surface area contributed by atoms with Gasteiger partial charge in [0.15, 0.2) is 0 Å². The number of nitro benzene ring substituents is 2. The second-order valence-electron chi connectivity index (χ2n) is 4.11. The lowest BCUT2D eigenvalue weighted by atomic mass is 10.1. The van der Waals surface area contributed by atoms with E-state index in [0.29, 0.717) is 5.75 Å². The lowest BCUT2D eigenvalue weighted by Crippen LogP contribution is -2.01. The van der Waals surface area contributed by atoms with Gasteiger partial charge in [-0.1, -0.05) is 0 Å². The lowest BCUT2D eigenvalue weighted by molar-refractivity contribution is -0.394. The third-order valence-electron chi connectivity index (χ3n) is 2.71. The zero-order chi connectivity index (χ0) is 15.4. The van der Waals surface area contributed by atoms with Gasteiger partial charge in [-0.2, -0.15) is 0 Å². The number of nitro groups is 2. The van der Waals surface area contributed by atoms with E-state index < -0.39 is 9.85 Å². The van der Waals surface area contributed by atoms with Gasteiger partial charge in [-0.3, -0.25) is 20.2 Å². The van der Waals surface area contributed by atoms with E-state index in [1.807, 2.05) is 0 Å². The summed E-state index contributed by atoms with van der Waals surface area (Å²) < 4.78 is 5.35. The molecule has 0 aliphatic rings. The Labute approximate surface area is 118 Å². The van der Waals surface area contributed by atoms with Crippen LogP contribution in [0.4, 0.5) is 11.4 Å². The van der Waals surface area contributed by atoms with Crippen LogP contribution in [0, 0.1) is 20.2 Å². The molecular formula is C13H10N2O6. The van der Waals surface area contributed by atoms with Crippen LogP contribution in [0.1, 0.15) is 5.56 Å². The van der Waals surface area contributed by atoms with Gasteiger partial charge in [-0.15, -0.1) is 0 Å². The maximum atomic E-state index is 10.9. The maximum absolute atomic E-state index is 10.9. The van der Waals surface area contributed by atoms with Gasteiger partial charge < -0.3 is 9.84 Å². The monoisotopic (exact) mass is 290 g/mol. The van der Waals surface area contributed by atoms with Gasteiger partial charge in [-0.25, -0.2) is 0 Å². The molecule has 0 aromatic heterocycles. The smallest absolute Gasteiger partial charge is 0.282 e. The SMILES string of the molecule is O=[N+]([O-])c1ccc(COc2ccc(O)cc2)c([N+](=O)[O-])c1. The summed E-state index contributed by atoms with van der Waals surface area (Å²) in [5.74, 6) is 0.490. The van der Waals surface area contributed by atoms with Crippen LogP contribution in [0.2, 0.25) is 0 Å². The Hall–Kier alpha value is -3.16. The topological polar surface area (TPSA) is 116 Å². The molecule has 0 bridgehead atoms. The number of phenols is 1. The van der Waals surface area contributed by atoms with E-state index in [0.717, 1.165) is 6.07 Å². The Balaban J connectivity index is 2.21. The number of benzene rings is 2. The fraction of sp³-hybridized carbons (Fsp3) is 0.0769. The molecule has 0 unspecified atom stereocenters. The van der Waals surface area contributed by atoms with Crippen LogP contribution in [-0.4, -0.2) is 15.0 Å². The first kappa shape index (κ1) is 14.3. The second kappa shape index (κ2) is 5.87. The first-order valence-electron chi connectivity index (χ1n) is 5.81. The van der Waals surface area contributed by atoms with Crippen LogP contribution in [0.3, 0.4) is 0 Å². The number of rotatable bonds is 5. The van der Waals surface area contributed by atoms with E-state index in [9.17, 15) is 20.2 Å². The molecule has 2 aromatic carbocycles. The van der Waals surface area contributed by atoms with Crippen LogP contribution in [0.5, 0.6) is 11.5 Å². The van der Waals surface area contributed by atoms with Crippen molar-refractivity contribution in [1.29, 1.82) is 0 Å². The molecule has 0 saturated heterocycles. The summed E-state index contributed by atoms with van der Waals surface area (Å²) in [7, 11) is 0. The summed E-state index contributed by atoms with van der Waals surface area (Å²) in [6, 6.07) is 9.22. The molecule has 2 aromatic rings. The predicted octanol–water partition coefficient (Wildman–Crippen LogP) is 2.79. The Morgan fingerprint density at radius 3 is 2.24 bits per heavy atom. The van der Waals surface area contributed by atoms with Gasteiger partial charge in [-0.05, 0) is 30.3 Å². The molecule has 8 heteroatoms. The van der Waals surface area contributed by atoms with Gasteiger partial charge in [0.25, 0.3) is 11.4 Å². The van der Waals surface area contributed by atoms with Gasteiger partial charge >= 0.3 is 0 Å². The molecule has 21 heavy (non-hydrogen) atoms. The largest absolute Gasteiger partial charge is 0.508 e. The third kappa shape index (κ3) is 3.44. The van der Waals surface area contributed by atoms with Crippen LogP contribution in [0.25, 0.3) is 0 Å².